The van der Waals surface area contributed by atoms with Crippen molar-refractivity contribution in [3.05, 3.63) is 43.7 Å². The quantitative estimate of drug-likeness (QED) is 0.825. The molecule has 2 aromatic rings. The van der Waals surface area contributed by atoms with E-state index < -0.39 is 0 Å². The Balaban J connectivity index is 2.16. The molecule has 0 spiro atoms. The molecule has 0 amide bonds. The first-order chi connectivity index (χ1) is 8.49. The van der Waals surface area contributed by atoms with Crippen LogP contribution in [0.5, 0.6) is 0 Å². The molecule has 0 fully saturated rings. The lowest BCUT2D eigenvalue weighted by Crippen LogP contribution is -2.02. The number of rotatable bonds is 3. The minimum absolute atomic E-state index is 0.742. The molecule has 0 unspecified atom stereocenters. The Bertz CT molecular complexity index is 578. The zero-order valence-corrected chi connectivity index (χ0v) is 13.5. The minimum atomic E-state index is 0.742. The molecule has 0 bridgehead atoms. The third kappa shape index (κ3) is 2.80. The molecule has 0 aliphatic heterocycles. The molecule has 0 aliphatic carbocycles. The van der Waals surface area contributed by atoms with Crippen LogP contribution >= 0.6 is 34.2 Å². The van der Waals surface area contributed by atoms with Crippen LogP contribution < -0.4 is 5.32 Å². The first-order valence-electron chi connectivity index (χ1n) is 5.67. The normalized spacial score (nSPS) is 10.7. The second-order valence-corrected chi connectivity index (χ2v) is 5.90. The second kappa shape index (κ2) is 5.48. The van der Waals surface area contributed by atoms with Gasteiger partial charge < -0.3 is 5.32 Å². The lowest BCUT2D eigenvalue weighted by atomic mass is 10.2. The first-order valence-corrected chi connectivity index (χ1v) is 7.12. The smallest absolute Gasteiger partial charge is 0.0648 e. The van der Waals surface area contributed by atoms with Crippen LogP contribution in [0.4, 0.5) is 5.69 Å². The van der Waals surface area contributed by atoms with E-state index in [2.05, 4.69) is 39.9 Å². The van der Waals surface area contributed by atoms with Crippen molar-refractivity contribution in [1.29, 1.82) is 0 Å². The predicted octanol–water partition coefficient (Wildman–Crippen LogP) is 3.91. The molecule has 0 atom stereocenters. The van der Waals surface area contributed by atoms with Crippen LogP contribution in [0, 0.1) is 17.4 Å². The van der Waals surface area contributed by atoms with Gasteiger partial charge in [-0.2, -0.15) is 5.10 Å². The summed E-state index contributed by atoms with van der Waals surface area (Å²) in [7, 11) is 1.96. The molecule has 1 aromatic carbocycles. The van der Waals surface area contributed by atoms with Crippen LogP contribution in [0.2, 0.25) is 5.02 Å². The van der Waals surface area contributed by atoms with Gasteiger partial charge in [-0.05, 0) is 54.6 Å². The number of hydrogen-bond acceptors (Lipinski definition) is 2. The van der Waals surface area contributed by atoms with E-state index in [1.54, 1.807) is 0 Å². The van der Waals surface area contributed by atoms with Crippen LogP contribution in [0.1, 0.15) is 17.0 Å². The highest BCUT2D eigenvalue weighted by Gasteiger charge is 2.09. The van der Waals surface area contributed by atoms with Crippen molar-refractivity contribution < 1.29 is 0 Å². The number of halogens is 2. The van der Waals surface area contributed by atoms with Crippen molar-refractivity contribution in [3.63, 3.8) is 0 Å². The summed E-state index contributed by atoms with van der Waals surface area (Å²) in [6.45, 7) is 4.85. The maximum absolute atomic E-state index is 6.19. The fourth-order valence-electron chi connectivity index (χ4n) is 1.89. The SMILES string of the molecule is Cc1nn(C)c(C)c1CNc1ccc(I)cc1Cl. The van der Waals surface area contributed by atoms with Gasteiger partial charge in [-0.1, -0.05) is 11.6 Å². The number of benzene rings is 1. The summed E-state index contributed by atoms with van der Waals surface area (Å²) in [4.78, 5) is 0. The highest BCUT2D eigenvalue weighted by Crippen LogP contribution is 2.25. The lowest BCUT2D eigenvalue weighted by Gasteiger charge is -2.09. The van der Waals surface area contributed by atoms with Crippen molar-refractivity contribution >= 4 is 39.9 Å². The van der Waals surface area contributed by atoms with Crippen LogP contribution in [0.15, 0.2) is 18.2 Å². The summed E-state index contributed by atoms with van der Waals surface area (Å²) in [5.41, 5.74) is 4.43. The van der Waals surface area contributed by atoms with E-state index in [-0.39, 0.29) is 0 Å². The van der Waals surface area contributed by atoms with Gasteiger partial charge in [0.05, 0.1) is 16.4 Å². The van der Waals surface area contributed by atoms with Crippen LogP contribution in [-0.2, 0) is 13.6 Å². The Hall–Kier alpha value is -0.750. The molecular weight excluding hydrogens is 361 g/mol. The van der Waals surface area contributed by atoms with Crippen molar-refractivity contribution in [2.75, 3.05) is 5.32 Å². The molecule has 1 aromatic heterocycles. The number of hydrogen-bond donors (Lipinski definition) is 1. The Kier molecular flexibility index (Phi) is 4.17. The third-order valence-corrected chi connectivity index (χ3v) is 4.03. The van der Waals surface area contributed by atoms with Crippen molar-refractivity contribution in [3.8, 4) is 0 Å². The average molecular weight is 376 g/mol. The molecule has 1 heterocycles. The minimum Gasteiger partial charge on any atom is -0.380 e. The van der Waals surface area contributed by atoms with Crippen LogP contribution in [0.3, 0.4) is 0 Å². The van der Waals surface area contributed by atoms with Gasteiger partial charge in [0.15, 0.2) is 0 Å². The first kappa shape index (κ1) is 13.7. The average Bonchev–Trinajstić information content (AvgIpc) is 2.53. The van der Waals surface area contributed by atoms with E-state index in [1.807, 2.05) is 36.9 Å². The second-order valence-electron chi connectivity index (χ2n) is 4.25. The van der Waals surface area contributed by atoms with E-state index >= 15 is 0 Å². The van der Waals surface area contributed by atoms with E-state index in [1.165, 1.54) is 11.3 Å². The highest BCUT2D eigenvalue weighted by molar-refractivity contribution is 14.1. The molecule has 0 radical (unpaired) electrons. The number of anilines is 1. The Morgan fingerprint density at radius 2 is 2.11 bits per heavy atom. The van der Waals surface area contributed by atoms with Crippen LogP contribution in [-0.4, -0.2) is 9.78 Å². The van der Waals surface area contributed by atoms with Crippen molar-refractivity contribution in [2.24, 2.45) is 7.05 Å². The van der Waals surface area contributed by atoms with Crippen molar-refractivity contribution in [2.45, 2.75) is 20.4 Å². The standard InChI is InChI=1S/C13H15ClIN3/c1-8-11(9(2)18(3)17-8)7-16-13-5-4-10(15)6-12(13)14/h4-6,16H,7H2,1-3H3. The summed E-state index contributed by atoms with van der Waals surface area (Å²) in [6.07, 6.45) is 0. The zero-order valence-electron chi connectivity index (χ0n) is 10.6. The summed E-state index contributed by atoms with van der Waals surface area (Å²) in [5.74, 6) is 0. The Morgan fingerprint density at radius 1 is 1.39 bits per heavy atom. The third-order valence-electron chi connectivity index (χ3n) is 3.05. The summed E-state index contributed by atoms with van der Waals surface area (Å²) in [6, 6.07) is 6.00. The number of aromatic nitrogens is 2. The van der Waals surface area contributed by atoms with Crippen LogP contribution in [0.25, 0.3) is 0 Å². The molecule has 5 heteroatoms. The van der Waals surface area contributed by atoms with Gasteiger partial charge in [-0.3, -0.25) is 4.68 Å². The molecular formula is C13H15ClIN3. The van der Waals surface area contributed by atoms with E-state index in [4.69, 9.17) is 11.6 Å². The molecule has 2 rings (SSSR count). The van der Waals surface area contributed by atoms with E-state index in [0.717, 1.165) is 26.5 Å². The molecule has 1 N–H and O–H groups in total. The van der Waals surface area contributed by atoms with E-state index in [9.17, 15) is 0 Å². The summed E-state index contributed by atoms with van der Waals surface area (Å²) in [5, 5.41) is 8.52. The molecule has 0 aliphatic rings. The number of aryl methyl sites for hydroxylation is 2. The van der Waals surface area contributed by atoms with Gasteiger partial charge in [-0.15, -0.1) is 0 Å². The van der Waals surface area contributed by atoms with Gasteiger partial charge in [0.2, 0.25) is 0 Å². The Labute approximate surface area is 126 Å². The lowest BCUT2D eigenvalue weighted by molar-refractivity contribution is 0.730. The van der Waals surface area contributed by atoms with Gasteiger partial charge in [0, 0.05) is 28.4 Å². The topological polar surface area (TPSA) is 29.9 Å². The fourth-order valence-corrected chi connectivity index (χ4v) is 2.81. The molecule has 0 saturated heterocycles. The van der Waals surface area contributed by atoms with E-state index in [0.29, 0.717) is 0 Å². The van der Waals surface area contributed by atoms with Gasteiger partial charge in [0.1, 0.15) is 0 Å². The largest absolute Gasteiger partial charge is 0.380 e. The maximum atomic E-state index is 6.19. The zero-order chi connectivity index (χ0) is 13.3. The molecule has 0 saturated carbocycles. The number of nitrogens with zero attached hydrogens (tertiary/aromatic N) is 2. The molecule has 96 valence electrons. The predicted molar refractivity (Wildman–Crippen MR) is 84.2 cm³/mol. The monoisotopic (exact) mass is 375 g/mol. The summed E-state index contributed by atoms with van der Waals surface area (Å²) >= 11 is 8.44. The molecule has 18 heavy (non-hydrogen) atoms. The fraction of sp³-hybridized carbons (Fsp3) is 0.308. The van der Waals surface area contributed by atoms with Gasteiger partial charge in [-0.25, -0.2) is 0 Å². The highest BCUT2D eigenvalue weighted by atomic mass is 127. The summed E-state index contributed by atoms with van der Waals surface area (Å²) < 4.78 is 3.04. The Morgan fingerprint density at radius 3 is 2.67 bits per heavy atom. The number of nitrogens with one attached hydrogen (secondary N) is 1. The van der Waals surface area contributed by atoms with Crippen molar-refractivity contribution in [1.82, 2.24) is 9.78 Å². The molecule has 3 nitrogen and oxygen atoms in total. The van der Waals surface area contributed by atoms with Gasteiger partial charge in [0.25, 0.3) is 0 Å². The van der Waals surface area contributed by atoms with Gasteiger partial charge >= 0.3 is 0 Å². The maximum Gasteiger partial charge on any atom is 0.0648 e.